The summed E-state index contributed by atoms with van der Waals surface area (Å²) in [7, 11) is 0. The van der Waals surface area contributed by atoms with E-state index < -0.39 is 11.9 Å². The Kier molecular flexibility index (Phi) is 3.51. The van der Waals surface area contributed by atoms with Crippen LogP contribution in [-0.2, 0) is 9.59 Å². The first-order chi connectivity index (χ1) is 11.3. The van der Waals surface area contributed by atoms with E-state index in [0.717, 1.165) is 24.8 Å². The molecule has 4 aliphatic rings. The largest absolute Gasteiger partial charge is 0.481 e. The number of aliphatic carboxylic acids is 1. The third-order valence-corrected chi connectivity index (χ3v) is 8.03. The number of carboxylic acids is 1. The SMILES string of the molecule is C[C@@]12CCC[C@H]1[C@@H]1CCC3=CC(=O)C(C(=O)O)C[C@]3(C)[C@@H]1C(O)C2. The van der Waals surface area contributed by atoms with E-state index in [-0.39, 0.29) is 28.6 Å². The lowest BCUT2D eigenvalue weighted by molar-refractivity contribution is -0.152. The Balaban J connectivity index is 1.74. The Hall–Kier alpha value is -1.16. The summed E-state index contributed by atoms with van der Waals surface area (Å²) in [5.74, 6) is -1.01. The molecule has 0 saturated heterocycles. The fourth-order valence-corrected chi connectivity index (χ4v) is 6.99. The van der Waals surface area contributed by atoms with Crippen LogP contribution in [0.15, 0.2) is 11.6 Å². The standard InChI is InChI=1S/C20H28O4/c1-19-7-3-4-14(19)12-6-5-11-8-15(21)13(18(23)24)9-20(11,2)17(12)16(22)10-19/h8,12-14,16-17,22H,3-7,9-10H2,1-2H3,(H,23,24)/t12-,13?,14-,16?,17-,19-,20-/m0/s1. The molecule has 132 valence electrons. The van der Waals surface area contributed by atoms with E-state index in [1.807, 2.05) is 0 Å². The highest BCUT2D eigenvalue weighted by Gasteiger charge is 2.60. The lowest BCUT2D eigenvalue weighted by atomic mass is 9.46. The second kappa shape index (κ2) is 5.17. The second-order valence-electron chi connectivity index (χ2n) is 9.24. The van der Waals surface area contributed by atoms with Crippen LogP contribution in [0.1, 0.15) is 58.8 Å². The van der Waals surface area contributed by atoms with Crippen molar-refractivity contribution in [2.75, 3.05) is 0 Å². The molecule has 0 amide bonds. The minimum Gasteiger partial charge on any atom is -0.481 e. The predicted octanol–water partition coefficient (Wildman–Crippen LogP) is 3.19. The molecule has 3 saturated carbocycles. The Labute approximate surface area is 143 Å². The highest BCUT2D eigenvalue weighted by Crippen LogP contribution is 2.65. The summed E-state index contributed by atoms with van der Waals surface area (Å²) in [6.07, 6.45) is 8.01. The third-order valence-electron chi connectivity index (χ3n) is 8.03. The van der Waals surface area contributed by atoms with Gasteiger partial charge in [-0.3, -0.25) is 9.59 Å². The molecule has 4 aliphatic carbocycles. The van der Waals surface area contributed by atoms with Crippen molar-refractivity contribution in [3.8, 4) is 0 Å². The molecule has 2 unspecified atom stereocenters. The van der Waals surface area contributed by atoms with E-state index in [9.17, 15) is 19.8 Å². The fourth-order valence-electron chi connectivity index (χ4n) is 6.99. The average molecular weight is 332 g/mol. The summed E-state index contributed by atoms with van der Waals surface area (Å²) in [6.45, 7) is 4.45. The van der Waals surface area contributed by atoms with Crippen LogP contribution in [0.5, 0.6) is 0 Å². The van der Waals surface area contributed by atoms with Crippen LogP contribution in [0.25, 0.3) is 0 Å². The second-order valence-corrected chi connectivity index (χ2v) is 9.24. The van der Waals surface area contributed by atoms with Crippen LogP contribution in [0, 0.1) is 34.5 Å². The molecule has 0 aliphatic heterocycles. The Bertz CT molecular complexity index is 623. The number of hydrogen-bond acceptors (Lipinski definition) is 3. The van der Waals surface area contributed by atoms with Gasteiger partial charge in [-0.25, -0.2) is 0 Å². The molecule has 24 heavy (non-hydrogen) atoms. The van der Waals surface area contributed by atoms with Crippen molar-refractivity contribution >= 4 is 11.8 Å². The Morgan fingerprint density at radius 3 is 2.71 bits per heavy atom. The fraction of sp³-hybridized carbons (Fsp3) is 0.800. The van der Waals surface area contributed by atoms with Crippen LogP contribution >= 0.6 is 0 Å². The van der Waals surface area contributed by atoms with Crippen molar-refractivity contribution in [2.45, 2.75) is 64.9 Å². The summed E-state index contributed by atoms with van der Waals surface area (Å²) >= 11 is 0. The summed E-state index contributed by atoms with van der Waals surface area (Å²) < 4.78 is 0. The molecule has 0 bridgehead atoms. The van der Waals surface area contributed by atoms with Gasteiger partial charge in [0.1, 0.15) is 5.92 Å². The molecule has 7 atom stereocenters. The predicted molar refractivity (Wildman–Crippen MR) is 89.2 cm³/mol. The number of allylic oxidation sites excluding steroid dienone is 1. The monoisotopic (exact) mass is 332 g/mol. The molecule has 2 N–H and O–H groups in total. The van der Waals surface area contributed by atoms with E-state index in [1.165, 1.54) is 19.3 Å². The number of carbonyl (C=O) groups excluding carboxylic acids is 1. The number of ketones is 1. The van der Waals surface area contributed by atoms with Crippen molar-refractivity contribution in [2.24, 2.45) is 34.5 Å². The molecule has 0 radical (unpaired) electrons. The van der Waals surface area contributed by atoms with Crippen LogP contribution in [-0.4, -0.2) is 28.1 Å². The number of aliphatic hydroxyl groups excluding tert-OH is 1. The zero-order valence-corrected chi connectivity index (χ0v) is 14.6. The molecule has 0 aromatic carbocycles. The minimum absolute atomic E-state index is 0.101. The van der Waals surface area contributed by atoms with Crippen molar-refractivity contribution in [3.05, 3.63) is 11.6 Å². The highest BCUT2D eigenvalue weighted by molar-refractivity contribution is 6.05. The van der Waals surface area contributed by atoms with Gasteiger partial charge in [-0.2, -0.15) is 0 Å². The van der Waals surface area contributed by atoms with E-state index in [1.54, 1.807) is 6.08 Å². The van der Waals surface area contributed by atoms with Gasteiger partial charge < -0.3 is 10.2 Å². The summed E-state index contributed by atoms with van der Waals surface area (Å²) in [5.41, 5.74) is 0.991. The molecule has 4 nitrogen and oxygen atoms in total. The van der Waals surface area contributed by atoms with Crippen molar-refractivity contribution < 1.29 is 19.8 Å². The van der Waals surface area contributed by atoms with Crippen molar-refractivity contribution in [3.63, 3.8) is 0 Å². The van der Waals surface area contributed by atoms with Crippen LogP contribution in [0.2, 0.25) is 0 Å². The number of fused-ring (bicyclic) bond motifs is 5. The molecule has 0 heterocycles. The van der Waals surface area contributed by atoms with Crippen LogP contribution in [0.3, 0.4) is 0 Å². The molecule has 0 aromatic heterocycles. The molecule has 3 fully saturated rings. The zero-order chi connectivity index (χ0) is 17.3. The molecular weight excluding hydrogens is 304 g/mol. The first-order valence-electron chi connectivity index (χ1n) is 9.42. The first kappa shape index (κ1) is 16.3. The summed E-state index contributed by atoms with van der Waals surface area (Å²) in [4.78, 5) is 23.7. The Morgan fingerprint density at radius 1 is 1.25 bits per heavy atom. The van der Waals surface area contributed by atoms with E-state index in [0.29, 0.717) is 18.3 Å². The van der Waals surface area contributed by atoms with Gasteiger partial charge in [0, 0.05) is 0 Å². The average Bonchev–Trinajstić information content (AvgIpc) is 2.87. The number of carbonyl (C=O) groups is 2. The number of aliphatic hydroxyl groups is 1. The maximum Gasteiger partial charge on any atom is 0.314 e. The molecule has 0 aromatic rings. The van der Waals surface area contributed by atoms with E-state index in [2.05, 4.69) is 13.8 Å². The summed E-state index contributed by atoms with van der Waals surface area (Å²) in [6, 6.07) is 0. The van der Waals surface area contributed by atoms with E-state index >= 15 is 0 Å². The molecule has 4 heteroatoms. The van der Waals surface area contributed by atoms with Gasteiger partial charge in [-0.05, 0) is 73.2 Å². The van der Waals surface area contributed by atoms with Gasteiger partial charge in [-0.1, -0.05) is 25.8 Å². The van der Waals surface area contributed by atoms with Gasteiger partial charge in [0.05, 0.1) is 6.10 Å². The molecular formula is C20H28O4. The highest BCUT2D eigenvalue weighted by atomic mass is 16.4. The summed E-state index contributed by atoms with van der Waals surface area (Å²) in [5, 5.41) is 20.5. The topological polar surface area (TPSA) is 74.6 Å². The minimum atomic E-state index is -1.02. The molecule has 4 rings (SSSR count). The number of carboxylic acid groups (broad SMARTS) is 1. The van der Waals surface area contributed by atoms with Gasteiger partial charge >= 0.3 is 5.97 Å². The third kappa shape index (κ3) is 2.08. The normalized spacial score (nSPS) is 50.5. The van der Waals surface area contributed by atoms with Crippen LogP contribution < -0.4 is 0 Å². The molecule has 0 spiro atoms. The smallest absolute Gasteiger partial charge is 0.314 e. The Morgan fingerprint density at radius 2 is 2.00 bits per heavy atom. The maximum atomic E-state index is 12.2. The number of hydrogen-bond donors (Lipinski definition) is 2. The van der Waals surface area contributed by atoms with E-state index in [4.69, 9.17) is 0 Å². The van der Waals surface area contributed by atoms with Gasteiger partial charge in [0.2, 0.25) is 0 Å². The quantitative estimate of drug-likeness (QED) is 0.723. The van der Waals surface area contributed by atoms with Crippen molar-refractivity contribution in [1.82, 2.24) is 0 Å². The lowest BCUT2D eigenvalue weighted by Gasteiger charge is -2.59. The van der Waals surface area contributed by atoms with Gasteiger partial charge in [0.25, 0.3) is 0 Å². The van der Waals surface area contributed by atoms with Crippen LogP contribution in [0.4, 0.5) is 0 Å². The zero-order valence-electron chi connectivity index (χ0n) is 14.6. The first-order valence-corrected chi connectivity index (χ1v) is 9.42. The van der Waals surface area contributed by atoms with Crippen molar-refractivity contribution in [1.29, 1.82) is 0 Å². The van der Waals surface area contributed by atoms with Gasteiger partial charge in [0.15, 0.2) is 5.78 Å². The van der Waals surface area contributed by atoms with Gasteiger partial charge in [-0.15, -0.1) is 0 Å². The number of rotatable bonds is 1. The lowest BCUT2D eigenvalue weighted by Crippen LogP contribution is -2.56. The maximum absolute atomic E-state index is 12.2.